The van der Waals surface area contributed by atoms with Crippen molar-refractivity contribution >= 4 is 60.4 Å². The minimum atomic E-state index is 0.429. The minimum absolute atomic E-state index is 0.429. The van der Waals surface area contributed by atoms with Crippen molar-refractivity contribution in [3.05, 3.63) is 49.9 Å². The van der Waals surface area contributed by atoms with Crippen molar-refractivity contribution in [3.63, 3.8) is 0 Å². The number of anilines is 1. The van der Waals surface area contributed by atoms with Crippen molar-refractivity contribution in [1.29, 1.82) is 0 Å². The maximum Gasteiger partial charge on any atom is 0.205 e. The predicted octanol–water partition coefficient (Wildman–Crippen LogP) is 5.09. The van der Waals surface area contributed by atoms with E-state index in [4.69, 9.17) is 17.3 Å². The second-order valence-corrected chi connectivity index (χ2v) is 6.67. The molecule has 0 aliphatic carbocycles. The van der Waals surface area contributed by atoms with Gasteiger partial charge in [0.2, 0.25) is 5.95 Å². The summed E-state index contributed by atoms with van der Waals surface area (Å²) in [6.45, 7) is 1.96. The van der Waals surface area contributed by atoms with E-state index in [1.807, 2.05) is 41.8 Å². The highest BCUT2D eigenvalue weighted by Gasteiger charge is 2.14. The van der Waals surface area contributed by atoms with Gasteiger partial charge in [-0.1, -0.05) is 27.5 Å². The fourth-order valence-electron chi connectivity index (χ4n) is 2.13. The molecule has 0 amide bonds. The quantitative estimate of drug-likeness (QED) is 0.601. The third-order valence-electron chi connectivity index (χ3n) is 3.11. The molecule has 102 valence electrons. The van der Waals surface area contributed by atoms with Gasteiger partial charge in [-0.2, -0.15) is 0 Å². The van der Waals surface area contributed by atoms with Crippen LogP contribution in [-0.4, -0.2) is 9.55 Å². The van der Waals surface area contributed by atoms with Crippen LogP contribution in [0.5, 0.6) is 0 Å². The molecule has 0 fully saturated rings. The summed E-state index contributed by atoms with van der Waals surface area (Å²) >= 11 is 13.3. The van der Waals surface area contributed by atoms with Gasteiger partial charge in [0.05, 0.1) is 16.7 Å². The molecular formula is C14H10Br2ClN3. The molecule has 0 radical (unpaired) electrons. The molecule has 1 heterocycles. The second-order valence-electron chi connectivity index (χ2n) is 4.49. The first-order chi connectivity index (χ1) is 9.47. The zero-order valence-electron chi connectivity index (χ0n) is 10.5. The van der Waals surface area contributed by atoms with Crippen molar-refractivity contribution in [2.24, 2.45) is 0 Å². The summed E-state index contributed by atoms with van der Waals surface area (Å²) in [5.74, 6) is 0.429. The summed E-state index contributed by atoms with van der Waals surface area (Å²) in [6.07, 6.45) is 0. The normalized spacial score (nSPS) is 11.2. The van der Waals surface area contributed by atoms with E-state index in [-0.39, 0.29) is 0 Å². The van der Waals surface area contributed by atoms with Crippen LogP contribution in [0.15, 0.2) is 39.3 Å². The molecule has 0 aliphatic heterocycles. The van der Waals surface area contributed by atoms with Gasteiger partial charge in [0, 0.05) is 14.0 Å². The summed E-state index contributed by atoms with van der Waals surface area (Å²) in [6, 6.07) is 9.71. The van der Waals surface area contributed by atoms with E-state index in [9.17, 15) is 0 Å². The van der Waals surface area contributed by atoms with Crippen LogP contribution in [0.1, 0.15) is 5.56 Å². The van der Waals surface area contributed by atoms with E-state index in [1.165, 1.54) is 0 Å². The first-order valence-corrected chi connectivity index (χ1v) is 7.83. The fraction of sp³-hybridized carbons (Fsp3) is 0.0714. The van der Waals surface area contributed by atoms with Gasteiger partial charge in [-0.15, -0.1) is 0 Å². The molecule has 3 rings (SSSR count). The van der Waals surface area contributed by atoms with E-state index < -0.39 is 0 Å². The van der Waals surface area contributed by atoms with Crippen LogP contribution in [0.25, 0.3) is 16.7 Å². The lowest BCUT2D eigenvalue weighted by atomic mass is 10.2. The lowest BCUT2D eigenvalue weighted by Gasteiger charge is -2.11. The molecule has 0 aliphatic rings. The number of benzene rings is 2. The Morgan fingerprint density at radius 2 is 1.95 bits per heavy atom. The smallest absolute Gasteiger partial charge is 0.205 e. The highest BCUT2D eigenvalue weighted by atomic mass is 79.9. The van der Waals surface area contributed by atoms with Gasteiger partial charge in [0.15, 0.2) is 0 Å². The molecule has 0 unspecified atom stereocenters. The number of nitrogen functional groups attached to an aromatic ring is 1. The Balaban J connectivity index is 2.37. The molecule has 1 aromatic heterocycles. The van der Waals surface area contributed by atoms with Crippen molar-refractivity contribution in [2.75, 3.05) is 5.73 Å². The first-order valence-electron chi connectivity index (χ1n) is 5.87. The third-order valence-corrected chi connectivity index (χ3v) is 4.65. The van der Waals surface area contributed by atoms with Crippen molar-refractivity contribution in [2.45, 2.75) is 6.92 Å². The summed E-state index contributed by atoms with van der Waals surface area (Å²) in [4.78, 5) is 4.38. The van der Waals surface area contributed by atoms with E-state index >= 15 is 0 Å². The van der Waals surface area contributed by atoms with Crippen molar-refractivity contribution in [3.8, 4) is 5.69 Å². The molecule has 2 aromatic carbocycles. The highest BCUT2D eigenvalue weighted by Crippen LogP contribution is 2.33. The molecule has 0 bridgehead atoms. The Labute approximate surface area is 138 Å². The summed E-state index contributed by atoms with van der Waals surface area (Å²) in [7, 11) is 0. The van der Waals surface area contributed by atoms with Crippen LogP contribution in [0, 0.1) is 6.92 Å². The van der Waals surface area contributed by atoms with Crippen LogP contribution in [-0.2, 0) is 0 Å². The molecule has 0 saturated heterocycles. The average Bonchev–Trinajstić information content (AvgIpc) is 2.69. The largest absolute Gasteiger partial charge is 0.369 e. The molecule has 6 heteroatoms. The third kappa shape index (κ3) is 2.24. The minimum Gasteiger partial charge on any atom is -0.369 e. The number of nitrogens with two attached hydrogens (primary N) is 1. The maximum absolute atomic E-state index is 6.23. The first kappa shape index (κ1) is 13.9. The fourth-order valence-corrected chi connectivity index (χ4v) is 3.27. The van der Waals surface area contributed by atoms with Gasteiger partial charge in [-0.3, -0.25) is 4.57 Å². The Bertz CT molecular complexity index is 827. The Hall–Kier alpha value is -1.04. The monoisotopic (exact) mass is 413 g/mol. The standard InChI is InChI=1S/C14H10Br2ClN3/c1-7-4-9(16)12(6-10(7)17)20-13-5-8(15)2-3-11(13)19-14(20)18/h2-6H,1H3,(H2,18,19). The number of rotatable bonds is 1. The number of hydrogen-bond acceptors (Lipinski definition) is 2. The number of fused-ring (bicyclic) bond motifs is 1. The van der Waals surface area contributed by atoms with Crippen molar-refractivity contribution < 1.29 is 0 Å². The molecule has 0 spiro atoms. The van der Waals surface area contributed by atoms with E-state index in [2.05, 4.69) is 36.8 Å². The molecule has 2 N–H and O–H groups in total. The summed E-state index contributed by atoms with van der Waals surface area (Å²) < 4.78 is 3.78. The van der Waals surface area contributed by atoms with Gasteiger partial charge >= 0.3 is 0 Å². The van der Waals surface area contributed by atoms with Crippen molar-refractivity contribution in [1.82, 2.24) is 9.55 Å². The predicted molar refractivity (Wildman–Crippen MR) is 90.6 cm³/mol. The average molecular weight is 416 g/mol. The number of halogens is 3. The number of hydrogen-bond donors (Lipinski definition) is 1. The van der Waals surface area contributed by atoms with Gasteiger partial charge in [-0.05, 0) is 58.7 Å². The SMILES string of the molecule is Cc1cc(Br)c(-n2c(N)nc3ccc(Br)cc32)cc1Cl. The molecule has 0 atom stereocenters. The molecule has 3 nitrogen and oxygen atoms in total. The summed E-state index contributed by atoms with van der Waals surface area (Å²) in [5, 5.41) is 0.694. The van der Waals surface area contributed by atoms with Gasteiger partial charge in [-0.25, -0.2) is 4.98 Å². The summed E-state index contributed by atoms with van der Waals surface area (Å²) in [5.41, 5.74) is 9.72. The topological polar surface area (TPSA) is 43.8 Å². The van der Waals surface area contributed by atoms with Gasteiger partial charge < -0.3 is 5.73 Å². The lowest BCUT2D eigenvalue weighted by molar-refractivity contribution is 1.10. The molecule has 0 saturated carbocycles. The Kier molecular flexibility index (Phi) is 3.52. The van der Waals surface area contributed by atoms with Gasteiger partial charge in [0.1, 0.15) is 0 Å². The maximum atomic E-state index is 6.23. The van der Waals surface area contributed by atoms with E-state index in [1.54, 1.807) is 0 Å². The number of aromatic nitrogens is 2. The Morgan fingerprint density at radius 1 is 1.20 bits per heavy atom. The van der Waals surface area contributed by atoms with Crippen LogP contribution in [0.4, 0.5) is 5.95 Å². The highest BCUT2D eigenvalue weighted by molar-refractivity contribution is 9.10. The van der Waals surface area contributed by atoms with Crippen LogP contribution >= 0.6 is 43.5 Å². The van der Waals surface area contributed by atoms with E-state index in [0.717, 1.165) is 31.2 Å². The molecule has 20 heavy (non-hydrogen) atoms. The molecular weight excluding hydrogens is 405 g/mol. The van der Waals surface area contributed by atoms with Crippen LogP contribution in [0.2, 0.25) is 5.02 Å². The molecule has 3 aromatic rings. The van der Waals surface area contributed by atoms with Crippen LogP contribution in [0.3, 0.4) is 0 Å². The number of nitrogens with zero attached hydrogens (tertiary/aromatic N) is 2. The second kappa shape index (κ2) is 5.06. The zero-order chi connectivity index (χ0) is 14.4. The van der Waals surface area contributed by atoms with E-state index in [0.29, 0.717) is 11.0 Å². The Morgan fingerprint density at radius 3 is 2.70 bits per heavy atom. The number of aryl methyl sites for hydroxylation is 1. The number of imidazole rings is 1. The zero-order valence-corrected chi connectivity index (χ0v) is 14.4. The van der Waals surface area contributed by atoms with Gasteiger partial charge in [0.25, 0.3) is 0 Å². The van der Waals surface area contributed by atoms with Crippen LogP contribution < -0.4 is 5.73 Å². The lowest BCUT2D eigenvalue weighted by Crippen LogP contribution is -2.02.